The molecule has 0 spiro atoms. The van der Waals surface area contributed by atoms with E-state index in [1.165, 1.54) is 4.88 Å². The van der Waals surface area contributed by atoms with Gasteiger partial charge in [0.05, 0.1) is 6.04 Å². The number of amides is 1. The van der Waals surface area contributed by atoms with Crippen molar-refractivity contribution >= 4 is 17.2 Å². The van der Waals surface area contributed by atoms with Gasteiger partial charge in [0.1, 0.15) is 6.04 Å². The molecule has 1 heterocycles. The van der Waals surface area contributed by atoms with Crippen LogP contribution in [0.1, 0.15) is 36.4 Å². The van der Waals surface area contributed by atoms with E-state index in [1.807, 2.05) is 49.3 Å². The van der Waals surface area contributed by atoms with Gasteiger partial charge in [-0.3, -0.25) is 14.6 Å². The molecular weight excluding hydrogens is 330 g/mol. The summed E-state index contributed by atoms with van der Waals surface area (Å²) in [7, 11) is 3.89. The van der Waals surface area contributed by atoms with Crippen LogP contribution in [0.2, 0.25) is 0 Å². The molecule has 1 aromatic heterocycles. The van der Waals surface area contributed by atoms with Crippen LogP contribution in [0.3, 0.4) is 0 Å². The Morgan fingerprint density at radius 2 is 1.76 bits per heavy atom. The summed E-state index contributed by atoms with van der Waals surface area (Å²) in [6.07, 6.45) is 0. The van der Waals surface area contributed by atoms with E-state index in [-0.39, 0.29) is 18.0 Å². The number of nitrogens with zero attached hydrogens (tertiary/aromatic N) is 2. The highest BCUT2D eigenvalue weighted by atomic mass is 32.1. The summed E-state index contributed by atoms with van der Waals surface area (Å²) in [4.78, 5) is 18.5. The molecule has 4 nitrogen and oxygen atoms in total. The van der Waals surface area contributed by atoms with Crippen LogP contribution in [0.4, 0.5) is 0 Å². The lowest BCUT2D eigenvalue weighted by molar-refractivity contribution is -0.126. The Kier molecular flexibility index (Phi) is 7.62. The molecule has 0 aliphatic heterocycles. The summed E-state index contributed by atoms with van der Waals surface area (Å²) < 4.78 is 0. The lowest BCUT2D eigenvalue weighted by atomic mass is 10.1. The summed E-state index contributed by atoms with van der Waals surface area (Å²) in [6, 6.07) is 14.1. The molecule has 25 heavy (non-hydrogen) atoms. The topological polar surface area (TPSA) is 35.6 Å². The van der Waals surface area contributed by atoms with Crippen molar-refractivity contribution in [1.29, 1.82) is 0 Å². The summed E-state index contributed by atoms with van der Waals surface area (Å²) in [5.41, 5.74) is 1.01. The number of likely N-dealkylation sites (N-methyl/N-ethyl adjacent to an activating group) is 2. The molecule has 0 aliphatic rings. The van der Waals surface area contributed by atoms with E-state index >= 15 is 0 Å². The number of carbonyl (C=O) groups excluding carboxylic acids is 1. The molecule has 0 radical (unpaired) electrons. The van der Waals surface area contributed by atoms with Crippen LogP contribution in [0.15, 0.2) is 47.8 Å². The van der Waals surface area contributed by atoms with E-state index in [9.17, 15) is 4.79 Å². The van der Waals surface area contributed by atoms with Crippen LogP contribution in [0.25, 0.3) is 0 Å². The first kappa shape index (κ1) is 19.6. The van der Waals surface area contributed by atoms with Gasteiger partial charge < -0.3 is 5.32 Å². The number of nitrogens with one attached hydrogen (secondary N) is 1. The van der Waals surface area contributed by atoms with E-state index in [4.69, 9.17) is 0 Å². The number of hydrogen-bond donors (Lipinski definition) is 1. The Morgan fingerprint density at radius 3 is 2.28 bits per heavy atom. The first-order chi connectivity index (χ1) is 12.1. The second-order valence-electron chi connectivity index (χ2n) is 6.27. The first-order valence-corrected chi connectivity index (χ1v) is 9.72. The second-order valence-corrected chi connectivity index (χ2v) is 7.25. The fraction of sp³-hybridized carbons (Fsp3) is 0.450. The maximum absolute atomic E-state index is 12.9. The molecule has 1 amide bonds. The quantitative estimate of drug-likeness (QED) is 0.744. The Morgan fingerprint density at radius 1 is 1.08 bits per heavy atom. The van der Waals surface area contributed by atoms with Gasteiger partial charge in [0, 0.05) is 11.4 Å². The molecule has 2 atom stereocenters. The van der Waals surface area contributed by atoms with Crippen LogP contribution in [0, 0.1) is 0 Å². The third kappa shape index (κ3) is 5.14. The van der Waals surface area contributed by atoms with Crippen molar-refractivity contribution < 1.29 is 4.79 Å². The van der Waals surface area contributed by atoms with Crippen LogP contribution in [0.5, 0.6) is 0 Å². The minimum absolute atomic E-state index is 0.0462. The smallest absolute Gasteiger partial charge is 0.242 e. The van der Waals surface area contributed by atoms with Gasteiger partial charge in [0.2, 0.25) is 5.91 Å². The molecule has 2 unspecified atom stereocenters. The van der Waals surface area contributed by atoms with Gasteiger partial charge in [-0.2, -0.15) is 0 Å². The monoisotopic (exact) mass is 359 g/mol. The molecule has 5 heteroatoms. The molecule has 0 fully saturated rings. The molecule has 2 rings (SSSR count). The third-order valence-corrected chi connectivity index (χ3v) is 5.45. The number of rotatable bonds is 9. The molecule has 0 bridgehead atoms. The van der Waals surface area contributed by atoms with Gasteiger partial charge in [-0.1, -0.05) is 50.2 Å². The SMILES string of the molecule is CCN(CC)C(CNC(=O)C(c1ccccc1)N(C)C)c1cccs1. The minimum Gasteiger partial charge on any atom is -0.352 e. The van der Waals surface area contributed by atoms with Gasteiger partial charge in [-0.15, -0.1) is 11.3 Å². The summed E-state index contributed by atoms with van der Waals surface area (Å²) in [5, 5.41) is 5.28. The molecule has 0 saturated heterocycles. The summed E-state index contributed by atoms with van der Waals surface area (Å²) in [5.74, 6) is 0.0462. The van der Waals surface area contributed by atoms with Crippen molar-refractivity contribution in [2.75, 3.05) is 33.7 Å². The van der Waals surface area contributed by atoms with Crippen molar-refractivity contribution in [2.45, 2.75) is 25.9 Å². The van der Waals surface area contributed by atoms with Crippen molar-refractivity contribution in [2.24, 2.45) is 0 Å². The fourth-order valence-corrected chi connectivity index (χ4v) is 4.03. The Balaban J connectivity index is 2.11. The average Bonchev–Trinajstić information content (AvgIpc) is 3.13. The largest absolute Gasteiger partial charge is 0.352 e. The van der Waals surface area contributed by atoms with E-state index in [0.29, 0.717) is 6.54 Å². The zero-order chi connectivity index (χ0) is 18.2. The van der Waals surface area contributed by atoms with E-state index in [0.717, 1.165) is 18.7 Å². The highest BCUT2D eigenvalue weighted by molar-refractivity contribution is 7.10. The van der Waals surface area contributed by atoms with Crippen molar-refractivity contribution in [1.82, 2.24) is 15.1 Å². The number of benzene rings is 1. The Hall–Kier alpha value is -1.69. The van der Waals surface area contributed by atoms with Crippen molar-refractivity contribution in [3.05, 3.63) is 58.3 Å². The highest BCUT2D eigenvalue weighted by Gasteiger charge is 2.25. The average molecular weight is 360 g/mol. The van der Waals surface area contributed by atoms with E-state index < -0.39 is 0 Å². The van der Waals surface area contributed by atoms with Crippen LogP contribution < -0.4 is 5.32 Å². The predicted octanol–water partition coefficient (Wildman–Crippen LogP) is 3.55. The number of carbonyl (C=O) groups is 1. The fourth-order valence-electron chi connectivity index (χ4n) is 3.17. The lowest BCUT2D eigenvalue weighted by Gasteiger charge is -2.30. The van der Waals surface area contributed by atoms with Crippen LogP contribution in [-0.2, 0) is 4.79 Å². The lowest BCUT2D eigenvalue weighted by Crippen LogP contribution is -2.42. The number of thiophene rings is 1. The van der Waals surface area contributed by atoms with Crippen molar-refractivity contribution in [3.63, 3.8) is 0 Å². The molecule has 0 aliphatic carbocycles. The van der Waals surface area contributed by atoms with Crippen molar-refractivity contribution in [3.8, 4) is 0 Å². The predicted molar refractivity (Wildman–Crippen MR) is 106 cm³/mol. The summed E-state index contributed by atoms with van der Waals surface area (Å²) >= 11 is 1.75. The van der Waals surface area contributed by atoms with Gasteiger partial charge in [0.25, 0.3) is 0 Å². The van der Waals surface area contributed by atoms with Crippen LogP contribution in [-0.4, -0.2) is 49.4 Å². The molecule has 136 valence electrons. The maximum Gasteiger partial charge on any atom is 0.242 e. The zero-order valence-electron chi connectivity index (χ0n) is 15.6. The Labute approximate surface area is 155 Å². The van der Waals surface area contributed by atoms with Crippen LogP contribution >= 0.6 is 11.3 Å². The molecular formula is C20H29N3OS. The second kappa shape index (κ2) is 9.70. The molecule has 1 N–H and O–H groups in total. The van der Waals surface area contributed by atoms with Gasteiger partial charge >= 0.3 is 0 Å². The van der Waals surface area contributed by atoms with Gasteiger partial charge in [-0.25, -0.2) is 0 Å². The highest BCUT2D eigenvalue weighted by Crippen LogP contribution is 2.25. The molecule has 1 aromatic carbocycles. The van der Waals surface area contributed by atoms with Gasteiger partial charge in [0.15, 0.2) is 0 Å². The standard InChI is InChI=1S/C20H29N3OS/c1-5-23(6-2)17(18-13-10-14-25-18)15-21-20(24)19(22(3)4)16-11-8-7-9-12-16/h7-14,17,19H,5-6,15H2,1-4H3,(H,21,24). The first-order valence-electron chi connectivity index (χ1n) is 8.85. The molecule has 2 aromatic rings. The molecule has 0 saturated carbocycles. The third-order valence-electron chi connectivity index (χ3n) is 4.47. The zero-order valence-corrected chi connectivity index (χ0v) is 16.4. The van der Waals surface area contributed by atoms with Gasteiger partial charge in [-0.05, 0) is 44.2 Å². The van der Waals surface area contributed by atoms with E-state index in [2.05, 4.69) is 41.6 Å². The normalized spacial score (nSPS) is 13.8. The number of hydrogen-bond acceptors (Lipinski definition) is 4. The minimum atomic E-state index is -0.276. The van der Waals surface area contributed by atoms with E-state index in [1.54, 1.807) is 11.3 Å². The maximum atomic E-state index is 12.9. The summed E-state index contributed by atoms with van der Waals surface area (Å²) in [6.45, 7) is 6.88. The Bertz CT molecular complexity index is 624.